The summed E-state index contributed by atoms with van der Waals surface area (Å²) in [6.07, 6.45) is 2.63. The fraction of sp³-hybridized carbons (Fsp3) is 0.250. The molecule has 0 aliphatic heterocycles. The van der Waals surface area contributed by atoms with E-state index in [1.54, 1.807) is 10.9 Å². The molecule has 0 bridgehead atoms. The molecule has 4 rings (SSSR count). The van der Waals surface area contributed by atoms with Crippen LogP contribution in [0.1, 0.15) is 41.7 Å². The Labute approximate surface area is 171 Å². The van der Waals surface area contributed by atoms with E-state index in [-0.39, 0.29) is 11.9 Å². The maximum Gasteiger partial charge on any atom is 0.266 e. The highest BCUT2D eigenvalue weighted by Crippen LogP contribution is 2.32. The van der Waals surface area contributed by atoms with Gasteiger partial charge in [0.15, 0.2) is 0 Å². The molecule has 0 aliphatic carbocycles. The van der Waals surface area contributed by atoms with Crippen LogP contribution < -0.4 is 5.32 Å². The Bertz CT molecular complexity index is 1160. The van der Waals surface area contributed by atoms with Crippen LogP contribution in [0.4, 0.5) is 5.82 Å². The van der Waals surface area contributed by atoms with Crippen molar-refractivity contribution in [2.75, 3.05) is 5.32 Å². The number of carbonyl (C=O) groups excluding carboxylic acids is 1. The molecule has 0 aliphatic rings. The molecule has 3 aromatic heterocycles. The summed E-state index contributed by atoms with van der Waals surface area (Å²) in [5.41, 5.74) is 1.65. The molecule has 1 amide bonds. The number of amides is 1. The Balaban J connectivity index is 1.69. The van der Waals surface area contributed by atoms with E-state index < -0.39 is 0 Å². The van der Waals surface area contributed by atoms with Crippen molar-refractivity contribution >= 4 is 44.9 Å². The van der Waals surface area contributed by atoms with Crippen molar-refractivity contribution in [2.24, 2.45) is 0 Å². The van der Waals surface area contributed by atoms with Crippen LogP contribution in [0.5, 0.6) is 0 Å². The summed E-state index contributed by atoms with van der Waals surface area (Å²) in [6.45, 7) is 6.10. The van der Waals surface area contributed by atoms with Crippen molar-refractivity contribution in [1.82, 2.24) is 19.6 Å². The Kier molecular flexibility index (Phi) is 4.95. The molecule has 4 aromatic rings. The SMILES string of the molecule is CCC(C)n1nccc1NC(=O)c1cc2c(C)nn(-c3ccccc3Cl)c2s1. The second-order valence-electron chi connectivity index (χ2n) is 6.65. The number of para-hydroxylation sites is 1. The molecule has 28 heavy (non-hydrogen) atoms. The first-order valence-corrected chi connectivity index (χ1v) is 10.3. The van der Waals surface area contributed by atoms with Crippen LogP contribution in [0.2, 0.25) is 5.02 Å². The van der Waals surface area contributed by atoms with E-state index in [9.17, 15) is 4.79 Å². The number of benzene rings is 1. The number of hydrogen-bond donors (Lipinski definition) is 1. The summed E-state index contributed by atoms with van der Waals surface area (Å²) >= 11 is 7.75. The first kappa shape index (κ1) is 18.7. The normalized spacial score (nSPS) is 12.4. The fourth-order valence-electron chi connectivity index (χ4n) is 3.06. The lowest BCUT2D eigenvalue weighted by atomic mass is 10.3. The predicted molar refractivity (Wildman–Crippen MR) is 114 cm³/mol. The number of halogens is 1. The van der Waals surface area contributed by atoms with Crippen LogP contribution in [0.15, 0.2) is 42.6 Å². The quantitative estimate of drug-likeness (QED) is 0.471. The number of anilines is 1. The topological polar surface area (TPSA) is 64.7 Å². The Morgan fingerprint density at radius 3 is 2.86 bits per heavy atom. The van der Waals surface area contributed by atoms with Crippen molar-refractivity contribution < 1.29 is 4.79 Å². The first-order chi connectivity index (χ1) is 13.5. The number of hydrogen-bond acceptors (Lipinski definition) is 4. The Morgan fingerprint density at radius 1 is 1.32 bits per heavy atom. The zero-order valence-electron chi connectivity index (χ0n) is 15.8. The molecule has 3 heterocycles. The van der Waals surface area contributed by atoms with Crippen LogP contribution in [-0.4, -0.2) is 25.5 Å². The summed E-state index contributed by atoms with van der Waals surface area (Å²) < 4.78 is 3.64. The lowest BCUT2D eigenvalue weighted by Gasteiger charge is -2.13. The average molecular weight is 414 g/mol. The van der Waals surface area contributed by atoms with Gasteiger partial charge < -0.3 is 5.32 Å². The van der Waals surface area contributed by atoms with Crippen LogP contribution in [0.25, 0.3) is 15.9 Å². The molecule has 1 atom stereocenters. The molecule has 144 valence electrons. The number of aromatic nitrogens is 4. The number of nitrogens with zero attached hydrogens (tertiary/aromatic N) is 4. The highest BCUT2D eigenvalue weighted by Gasteiger charge is 2.19. The van der Waals surface area contributed by atoms with Gasteiger partial charge in [0.05, 0.1) is 33.5 Å². The van der Waals surface area contributed by atoms with Gasteiger partial charge >= 0.3 is 0 Å². The van der Waals surface area contributed by atoms with Crippen LogP contribution >= 0.6 is 22.9 Å². The van der Waals surface area contributed by atoms with E-state index in [0.29, 0.717) is 15.7 Å². The molecule has 0 fully saturated rings. The van der Waals surface area contributed by atoms with Crippen LogP contribution in [0.3, 0.4) is 0 Å². The standard InChI is InChI=1S/C20H20ClN5OS/c1-4-12(2)25-18(9-10-22-25)23-19(27)17-11-14-13(3)24-26(20(14)28-17)16-8-6-5-7-15(16)21/h5-12H,4H2,1-3H3,(H,23,27). The van der Waals surface area contributed by atoms with Gasteiger partial charge in [0.2, 0.25) is 0 Å². The van der Waals surface area contributed by atoms with Gasteiger partial charge in [0.25, 0.3) is 5.91 Å². The highest BCUT2D eigenvalue weighted by molar-refractivity contribution is 7.20. The smallest absolute Gasteiger partial charge is 0.266 e. The van der Waals surface area contributed by atoms with Crippen molar-refractivity contribution in [3.63, 3.8) is 0 Å². The van der Waals surface area contributed by atoms with E-state index in [1.165, 1.54) is 11.3 Å². The lowest BCUT2D eigenvalue weighted by Crippen LogP contribution is -2.16. The minimum absolute atomic E-state index is 0.156. The number of fused-ring (bicyclic) bond motifs is 1. The van der Waals surface area contributed by atoms with E-state index in [4.69, 9.17) is 11.6 Å². The third-order valence-corrected chi connectivity index (χ3v) is 6.20. The molecule has 1 N–H and O–H groups in total. The van der Waals surface area contributed by atoms with Gasteiger partial charge in [0.1, 0.15) is 10.6 Å². The summed E-state index contributed by atoms with van der Waals surface area (Å²) in [5.74, 6) is 0.539. The molecular weight excluding hydrogens is 394 g/mol. The zero-order valence-corrected chi connectivity index (χ0v) is 17.4. The van der Waals surface area contributed by atoms with E-state index in [1.807, 2.05) is 48.0 Å². The number of rotatable bonds is 5. The second-order valence-corrected chi connectivity index (χ2v) is 8.09. The summed E-state index contributed by atoms with van der Waals surface area (Å²) in [5, 5.41) is 13.5. The Hall–Kier alpha value is -2.64. The molecule has 1 unspecified atom stereocenters. The number of carbonyl (C=O) groups is 1. The number of thiophene rings is 1. The summed E-state index contributed by atoms with van der Waals surface area (Å²) in [6, 6.07) is 11.5. The highest BCUT2D eigenvalue weighted by atomic mass is 35.5. The van der Waals surface area contributed by atoms with Crippen LogP contribution in [-0.2, 0) is 0 Å². The predicted octanol–water partition coefficient (Wildman–Crippen LogP) is 5.47. The van der Waals surface area contributed by atoms with Gasteiger partial charge in [-0.1, -0.05) is 30.7 Å². The van der Waals surface area contributed by atoms with Gasteiger partial charge in [0, 0.05) is 11.5 Å². The zero-order chi connectivity index (χ0) is 19.8. The molecule has 0 spiro atoms. The minimum Gasteiger partial charge on any atom is -0.306 e. The summed E-state index contributed by atoms with van der Waals surface area (Å²) in [4.78, 5) is 14.4. The van der Waals surface area contributed by atoms with Crippen molar-refractivity contribution in [2.45, 2.75) is 33.2 Å². The maximum atomic E-state index is 12.9. The molecule has 1 aromatic carbocycles. The van der Waals surface area contributed by atoms with E-state index >= 15 is 0 Å². The third-order valence-electron chi connectivity index (χ3n) is 4.77. The average Bonchev–Trinajstić information content (AvgIpc) is 3.38. The van der Waals surface area contributed by atoms with E-state index in [2.05, 4.69) is 29.4 Å². The molecule has 8 heteroatoms. The summed E-state index contributed by atoms with van der Waals surface area (Å²) in [7, 11) is 0. The van der Waals surface area contributed by atoms with Gasteiger partial charge in [-0.05, 0) is 38.5 Å². The largest absolute Gasteiger partial charge is 0.306 e. The Morgan fingerprint density at radius 2 is 2.11 bits per heavy atom. The van der Waals surface area contributed by atoms with Gasteiger partial charge in [-0.15, -0.1) is 11.3 Å². The van der Waals surface area contributed by atoms with Crippen molar-refractivity contribution in [3.8, 4) is 5.69 Å². The van der Waals surface area contributed by atoms with Crippen molar-refractivity contribution in [3.05, 3.63) is 58.2 Å². The monoisotopic (exact) mass is 413 g/mol. The van der Waals surface area contributed by atoms with Gasteiger partial charge in [-0.2, -0.15) is 10.2 Å². The molecular formula is C20H20ClN5OS. The number of nitrogens with one attached hydrogen (secondary N) is 1. The fourth-order valence-corrected chi connectivity index (χ4v) is 4.35. The second kappa shape index (κ2) is 7.41. The molecule has 6 nitrogen and oxygen atoms in total. The number of aryl methyl sites for hydroxylation is 1. The lowest BCUT2D eigenvalue weighted by molar-refractivity contribution is 0.102. The molecule has 0 saturated carbocycles. The molecule has 0 radical (unpaired) electrons. The molecule has 0 saturated heterocycles. The minimum atomic E-state index is -0.156. The first-order valence-electron chi connectivity index (χ1n) is 9.08. The van der Waals surface area contributed by atoms with Gasteiger partial charge in [-0.3, -0.25) is 4.79 Å². The van der Waals surface area contributed by atoms with Crippen LogP contribution in [0, 0.1) is 6.92 Å². The van der Waals surface area contributed by atoms with Crippen molar-refractivity contribution in [1.29, 1.82) is 0 Å². The van der Waals surface area contributed by atoms with E-state index in [0.717, 1.165) is 28.0 Å². The van der Waals surface area contributed by atoms with Gasteiger partial charge in [-0.25, -0.2) is 9.36 Å². The maximum absolute atomic E-state index is 12.9. The third kappa shape index (κ3) is 3.21.